The molecule has 1 aliphatic rings. The van der Waals surface area contributed by atoms with Gasteiger partial charge in [-0.1, -0.05) is 23.9 Å². The number of para-hydroxylation sites is 1. The summed E-state index contributed by atoms with van der Waals surface area (Å²) in [6, 6.07) is 7.02. The predicted molar refractivity (Wildman–Crippen MR) is 84.6 cm³/mol. The molecule has 1 N–H and O–H groups in total. The summed E-state index contributed by atoms with van der Waals surface area (Å²) in [5.74, 6) is 1.28. The highest BCUT2D eigenvalue weighted by Crippen LogP contribution is 2.29. The minimum Gasteiger partial charge on any atom is -0.507 e. The molecule has 0 saturated carbocycles. The minimum absolute atomic E-state index is 0.148. The van der Waals surface area contributed by atoms with Crippen LogP contribution in [0.1, 0.15) is 12.8 Å². The second-order valence-corrected chi connectivity index (χ2v) is 6.20. The second kappa shape index (κ2) is 6.39. The van der Waals surface area contributed by atoms with Crippen LogP contribution in [0.5, 0.6) is 5.75 Å². The number of amides is 1. The molecule has 6 nitrogen and oxygen atoms in total. The molecule has 1 aromatic heterocycles. The number of hydrogen-bond donors (Lipinski definition) is 1. The van der Waals surface area contributed by atoms with Gasteiger partial charge in [-0.15, -0.1) is 10.2 Å². The van der Waals surface area contributed by atoms with E-state index in [-0.39, 0.29) is 11.7 Å². The van der Waals surface area contributed by atoms with Crippen LogP contribution in [0, 0.1) is 0 Å². The zero-order chi connectivity index (χ0) is 15.5. The summed E-state index contributed by atoms with van der Waals surface area (Å²) in [6.45, 7) is 1.72. The van der Waals surface area contributed by atoms with Crippen molar-refractivity contribution in [2.45, 2.75) is 18.0 Å². The number of hydrogen-bond acceptors (Lipinski definition) is 5. The molecule has 1 amide bonds. The lowest BCUT2D eigenvalue weighted by atomic mass is 10.2. The van der Waals surface area contributed by atoms with E-state index in [1.165, 1.54) is 11.8 Å². The summed E-state index contributed by atoms with van der Waals surface area (Å²) >= 11 is 1.38. The maximum atomic E-state index is 12.1. The summed E-state index contributed by atoms with van der Waals surface area (Å²) in [4.78, 5) is 14.0. The van der Waals surface area contributed by atoms with Gasteiger partial charge in [0.05, 0.1) is 11.3 Å². The Labute approximate surface area is 133 Å². The van der Waals surface area contributed by atoms with Gasteiger partial charge >= 0.3 is 0 Å². The number of phenols is 1. The maximum absolute atomic E-state index is 12.1. The molecule has 1 fully saturated rings. The number of carbonyl (C=O) groups excluding carboxylic acids is 1. The molecule has 0 atom stereocenters. The highest BCUT2D eigenvalue weighted by molar-refractivity contribution is 7.99. The number of aromatic hydroxyl groups is 1. The molecule has 1 aliphatic heterocycles. The summed E-state index contributed by atoms with van der Waals surface area (Å²) < 4.78 is 1.80. The monoisotopic (exact) mass is 318 g/mol. The molecule has 0 unspecified atom stereocenters. The zero-order valence-corrected chi connectivity index (χ0v) is 13.2. The molecule has 1 aromatic carbocycles. The number of carbonyl (C=O) groups is 1. The first-order chi connectivity index (χ1) is 10.7. The summed E-state index contributed by atoms with van der Waals surface area (Å²) in [7, 11) is 1.84. The standard InChI is InChI=1S/C15H18N4O2S/c1-18-14(11-6-2-3-7-12(11)20)16-17-15(18)22-10-13(21)19-8-4-5-9-19/h2-3,6-7,20H,4-5,8-10H2,1H3. The van der Waals surface area contributed by atoms with E-state index in [2.05, 4.69) is 10.2 Å². The number of likely N-dealkylation sites (tertiary alicyclic amines) is 1. The molecule has 0 aliphatic carbocycles. The lowest BCUT2D eigenvalue weighted by Crippen LogP contribution is -2.29. The summed E-state index contributed by atoms with van der Waals surface area (Å²) in [5.41, 5.74) is 0.634. The van der Waals surface area contributed by atoms with Crippen LogP contribution < -0.4 is 0 Å². The van der Waals surface area contributed by atoms with Crippen molar-refractivity contribution < 1.29 is 9.90 Å². The average molecular weight is 318 g/mol. The van der Waals surface area contributed by atoms with E-state index in [9.17, 15) is 9.90 Å². The highest BCUT2D eigenvalue weighted by Gasteiger charge is 2.20. The average Bonchev–Trinajstić information content (AvgIpc) is 3.16. The number of rotatable bonds is 4. The van der Waals surface area contributed by atoms with Gasteiger partial charge in [-0.3, -0.25) is 4.79 Å². The van der Waals surface area contributed by atoms with Crippen LogP contribution >= 0.6 is 11.8 Å². The van der Waals surface area contributed by atoms with Gasteiger partial charge in [0.2, 0.25) is 5.91 Å². The van der Waals surface area contributed by atoms with Crippen molar-refractivity contribution in [3.8, 4) is 17.1 Å². The lowest BCUT2D eigenvalue weighted by Gasteiger charge is -2.14. The van der Waals surface area contributed by atoms with Gasteiger partial charge in [0.25, 0.3) is 0 Å². The fourth-order valence-electron chi connectivity index (χ4n) is 2.52. The van der Waals surface area contributed by atoms with E-state index in [0.717, 1.165) is 25.9 Å². The van der Waals surface area contributed by atoms with Crippen LogP contribution in [0.15, 0.2) is 29.4 Å². The highest BCUT2D eigenvalue weighted by atomic mass is 32.2. The van der Waals surface area contributed by atoms with E-state index < -0.39 is 0 Å². The van der Waals surface area contributed by atoms with Crippen molar-refractivity contribution in [1.82, 2.24) is 19.7 Å². The van der Waals surface area contributed by atoms with Gasteiger partial charge in [0.1, 0.15) is 5.75 Å². The molecule has 0 radical (unpaired) electrons. The molecule has 116 valence electrons. The number of thioether (sulfide) groups is 1. The quantitative estimate of drug-likeness (QED) is 0.872. The molecular weight excluding hydrogens is 300 g/mol. The smallest absolute Gasteiger partial charge is 0.233 e. The van der Waals surface area contributed by atoms with Crippen molar-refractivity contribution >= 4 is 17.7 Å². The number of aromatic nitrogens is 3. The van der Waals surface area contributed by atoms with Gasteiger partial charge in [-0.2, -0.15) is 0 Å². The molecule has 0 spiro atoms. The maximum Gasteiger partial charge on any atom is 0.233 e. The summed E-state index contributed by atoms with van der Waals surface area (Å²) in [5, 5.41) is 18.8. The molecule has 7 heteroatoms. The molecular formula is C15H18N4O2S. The molecule has 2 aromatic rings. The van der Waals surface area contributed by atoms with Crippen LogP contribution in [0.2, 0.25) is 0 Å². The predicted octanol–water partition coefficient (Wildman–Crippen LogP) is 1.90. The first kappa shape index (κ1) is 14.9. The Morgan fingerprint density at radius 3 is 2.73 bits per heavy atom. The van der Waals surface area contributed by atoms with Crippen LogP contribution in [0.25, 0.3) is 11.4 Å². The number of nitrogens with zero attached hydrogens (tertiary/aromatic N) is 4. The first-order valence-electron chi connectivity index (χ1n) is 7.25. The van der Waals surface area contributed by atoms with Crippen LogP contribution in [0.4, 0.5) is 0 Å². The van der Waals surface area contributed by atoms with Crippen LogP contribution in [0.3, 0.4) is 0 Å². The van der Waals surface area contributed by atoms with Gasteiger partial charge in [0.15, 0.2) is 11.0 Å². The Bertz CT molecular complexity index is 680. The van der Waals surface area contributed by atoms with Gasteiger partial charge in [-0.05, 0) is 25.0 Å². The molecule has 2 heterocycles. The number of phenolic OH excluding ortho intramolecular Hbond substituents is 1. The van der Waals surface area contributed by atoms with Crippen molar-refractivity contribution in [1.29, 1.82) is 0 Å². The Balaban J connectivity index is 1.71. The second-order valence-electron chi connectivity index (χ2n) is 5.26. The van der Waals surface area contributed by atoms with Crippen molar-refractivity contribution in [2.75, 3.05) is 18.8 Å². The third-order valence-electron chi connectivity index (χ3n) is 3.76. The third-order valence-corrected chi connectivity index (χ3v) is 4.77. The summed E-state index contributed by atoms with van der Waals surface area (Å²) in [6.07, 6.45) is 2.19. The third kappa shape index (κ3) is 2.94. The van der Waals surface area contributed by atoms with E-state index in [1.807, 2.05) is 18.0 Å². The normalized spacial score (nSPS) is 14.5. The fourth-order valence-corrected chi connectivity index (χ4v) is 3.34. The molecule has 22 heavy (non-hydrogen) atoms. The van der Waals surface area contributed by atoms with E-state index in [1.54, 1.807) is 22.8 Å². The van der Waals surface area contributed by atoms with Crippen molar-refractivity contribution in [2.24, 2.45) is 7.05 Å². The van der Waals surface area contributed by atoms with E-state index in [0.29, 0.717) is 22.3 Å². The molecule has 3 rings (SSSR count). The SMILES string of the molecule is Cn1c(SCC(=O)N2CCCC2)nnc1-c1ccccc1O. The Kier molecular flexibility index (Phi) is 4.33. The topological polar surface area (TPSA) is 71.2 Å². The van der Waals surface area contributed by atoms with E-state index >= 15 is 0 Å². The molecule has 0 bridgehead atoms. The Hall–Kier alpha value is -2.02. The first-order valence-corrected chi connectivity index (χ1v) is 8.23. The van der Waals surface area contributed by atoms with Gasteiger partial charge < -0.3 is 14.6 Å². The fraction of sp³-hybridized carbons (Fsp3) is 0.400. The van der Waals surface area contributed by atoms with Crippen LogP contribution in [-0.4, -0.2) is 49.5 Å². The van der Waals surface area contributed by atoms with Crippen molar-refractivity contribution in [3.05, 3.63) is 24.3 Å². The lowest BCUT2D eigenvalue weighted by molar-refractivity contribution is -0.127. The Morgan fingerprint density at radius 1 is 1.27 bits per heavy atom. The largest absolute Gasteiger partial charge is 0.507 e. The van der Waals surface area contributed by atoms with Gasteiger partial charge in [-0.25, -0.2) is 0 Å². The van der Waals surface area contributed by atoms with Crippen LogP contribution in [-0.2, 0) is 11.8 Å². The van der Waals surface area contributed by atoms with Crippen molar-refractivity contribution in [3.63, 3.8) is 0 Å². The van der Waals surface area contributed by atoms with E-state index in [4.69, 9.17) is 0 Å². The minimum atomic E-state index is 0.148. The number of benzene rings is 1. The van der Waals surface area contributed by atoms with Gasteiger partial charge in [0, 0.05) is 20.1 Å². The Morgan fingerprint density at radius 2 is 2.00 bits per heavy atom. The molecule has 1 saturated heterocycles. The zero-order valence-electron chi connectivity index (χ0n) is 12.4.